The lowest BCUT2D eigenvalue weighted by molar-refractivity contribution is 0.298. The molecule has 1 aromatic rings. The van der Waals surface area contributed by atoms with Crippen LogP contribution in [-0.2, 0) is 0 Å². The van der Waals surface area contributed by atoms with Gasteiger partial charge in [0, 0.05) is 24.9 Å². The summed E-state index contributed by atoms with van der Waals surface area (Å²) < 4.78 is 5.58. The second kappa shape index (κ2) is 9.34. The number of methoxy groups -OCH3 is 1. The fourth-order valence-electron chi connectivity index (χ4n) is 3.09. The van der Waals surface area contributed by atoms with E-state index in [0.717, 1.165) is 24.8 Å². The van der Waals surface area contributed by atoms with Crippen LogP contribution in [0.2, 0.25) is 0 Å². The van der Waals surface area contributed by atoms with E-state index in [9.17, 15) is 0 Å². The summed E-state index contributed by atoms with van der Waals surface area (Å²) >= 11 is 2.06. The predicted octanol–water partition coefficient (Wildman–Crippen LogP) is 2.75. The molecule has 2 unspecified atom stereocenters. The van der Waals surface area contributed by atoms with Gasteiger partial charge in [-0.25, -0.2) is 0 Å². The number of guanidine groups is 1. The molecule has 1 aliphatic rings. The first-order valence-electron chi connectivity index (χ1n) is 8.86. The van der Waals surface area contributed by atoms with Gasteiger partial charge in [-0.2, -0.15) is 11.8 Å². The summed E-state index contributed by atoms with van der Waals surface area (Å²) in [5.74, 6) is 3.02. The van der Waals surface area contributed by atoms with Crippen molar-refractivity contribution in [2.45, 2.75) is 30.6 Å². The van der Waals surface area contributed by atoms with Gasteiger partial charge in [-0.05, 0) is 57.3 Å². The lowest BCUT2D eigenvalue weighted by atomic mass is 10.1. The molecule has 2 N–H and O–H groups in total. The molecule has 0 bridgehead atoms. The SMILES string of the molecule is CN=C(NCC(c1ccc(OC)cc1)N(C)C)NCC1(C)CCCS1. The average Bonchev–Trinajstić information content (AvgIpc) is 3.05. The van der Waals surface area contributed by atoms with Crippen molar-refractivity contribution in [1.82, 2.24) is 15.5 Å². The van der Waals surface area contributed by atoms with E-state index in [2.05, 4.69) is 65.4 Å². The van der Waals surface area contributed by atoms with Crippen LogP contribution < -0.4 is 15.4 Å². The normalized spacial score (nSPS) is 22.1. The Balaban J connectivity index is 1.91. The minimum Gasteiger partial charge on any atom is -0.497 e. The molecule has 0 spiro atoms. The Bertz CT molecular complexity index is 553. The molecule has 1 aliphatic heterocycles. The van der Waals surface area contributed by atoms with Gasteiger partial charge >= 0.3 is 0 Å². The van der Waals surface area contributed by atoms with Crippen LogP contribution in [0.15, 0.2) is 29.3 Å². The first-order chi connectivity index (χ1) is 12.0. The first kappa shape index (κ1) is 19.9. The minimum atomic E-state index is 0.265. The van der Waals surface area contributed by atoms with Gasteiger partial charge in [-0.3, -0.25) is 4.99 Å². The van der Waals surface area contributed by atoms with Crippen LogP contribution in [-0.4, -0.2) is 62.7 Å². The van der Waals surface area contributed by atoms with Crippen LogP contribution in [0.4, 0.5) is 0 Å². The Morgan fingerprint density at radius 3 is 2.56 bits per heavy atom. The Hall–Kier alpha value is -1.40. The van der Waals surface area contributed by atoms with Gasteiger partial charge in [0.2, 0.25) is 0 Å². The number of hydrogen-bond acceptors (Lipinski definition) is 4. The zero-order valence-corrected chi connectivity index (χ0v) is 16.9. The Labute approximate surface area is 156 Å². The summed E-state index contributed by atoms with van der Waals surface area (Å²) in [7, 11) is 7.72. The number of rotatable bonds is 7. The molecule has 0 saturated carbocycles. The molecular weight excluding hydrogens is 332 g/mol. The monoisotopic (exact) mass is 364 g/mol. The van der Waals surface area contributed by atoms with Gasteiger partial charge in [0.25, 0.3) is 0 Å². The third-order valence-corrected chi connectivity index (χ3v) is 6.28. The fraction of sp³-hybridized carbons (Fsp3) is 0.632. The van der Waals surface area contributed by atoms with Crippen molar-refractivity contribution in [2.24, 2.45) is 4.99 Å². The van der Waals surface area contributed by atoms with Gasteiger partial charge < -0.3 is 20.3 Å². The van der Waals surface area contributed by atoms with E-state index in [0.29, 0.717) is 4.75 Å². The van der Waals surface area contributed by atoms with Crippen LogP contribution in [0, 0.1) is 0 Å². The molecule has 0 aromatic heterocycles. The molecule has 2 atom stereocenters. The summed E-state index contributed by atoms with van der Waals surface area (Å²) in [5.41, 5.74) is 1.26. The van der Waals surface area contributed by atoms with E-state index in [-0.39, 0.29) is 6.04 Å². The van der Waals surface area contributed by atoms with E-state index in [4.69, 9.17) is 4.74 Å². The summed E-state index contributed by atoms with van der Waals surface area (Å²) in [4.78, 5) is 6.60. The van der Waals surface area contributed by atoms with Gasteiger partial charge in [-0.1, -0.05) is 12.1 Å². The highest BCUT2D eigenvalue weighted by molar-refractivity contribution is 8.00. The highest BCUT2D eigenvalue weighted by Gasteiger charge is 2.29. The summed E-state index contributed by atoms with van der Waals surface area (Å²) in [6.45, 7) is 4.08. The van der Waals surface area contributed by atoms with Crippen LogP contribution in [0.3, 0.4) is 0 Å². The number of ether oxygens (including phenoxy) is 1. The summed E-state index contributed by atoms with van der Waals surface area (Å²) in [5, 5.41) is 6.97. The summed E-state index contributed by atoms with van der Waals surface area (Å²) in [6.07, 6.45) is 2.59. The van der Waals surface area contributed by atoms with Gasteiger partial charge in [-0.15, -0.1) is 0 Å². The number of hydrogen-bond donors (Lipinski definition) is 2. The van der Waals surface area contributed by atoms with Crippen molar-refractivity contribution in [1.29, 1.82) is 0 Å². The highest BCUT2D eigenvalue weighted by Crippen LogP contribution is 2.36. The third kappa shape index (κ3) is 5.82. The molecule has 5 nitrogen and oxygen atoms in total. The molecule has 0 amide bonds. The lowest BCUT2D eigenvalue weighted by Crippen LogP contribution is -2.45. The summed E-state index contributed by atoms with van der Waals surface area (Å²) in [6, 6.07) is 8.53. The van der Waals surface area contributed by atoms with Crippen molar-refractivity contribution in [3.05, 3.63) is 29.8 Å². The first-order valence-corrected chi connectivity index (χ1v) is 9.85. The van der Waals surface area contributed by atoms with Crippen molar-refractivity contribution >= 4 is 17.7 Å². The Morgan fingerprint density at radius 2 is 2.04 bits per heavy atom. The van der Waals surface area contributed by atoms with E-state index in [1.54, 1.807) is 7.11 Å². The maximum Gasteiger partial charge on any atom is 0.191 e. The van der Waals surface area contributed by atoms with E-state index >= 15 is 0 Å². The fourth-order valence-corrected chi connectivity index (χ4v) is 4.33. The number of benzene rings is 1. The minimum absolute atomic E-state index is 0.265. The maximum atomic E-state index is 5.25. The van der Waals surface area contributed by atoms with Gasteiger partial charge in [0.15, 0.2) is 5.96 Å². The smallest absolute Gasteiger partial charge is 0.191 e. The molecule has 2 rings (SSSR count). The molecule has 1 heterocycles. The standard InChI is InChI=1S/C19H32N4OS/c1-19(11-6-12-25-19)14-22-18(20-2)21-13-17(23(3)4)15-7-9-16(24-5)10-8-15/h7-10,17H,6,11-14H2,1-5H3,(H2,20,21,22). The molecule has 6 heteroatoms. The van der Waals surface area contributed by atoms with Crippen molar-refractivity contribution in [3.8, 4) is 5.75 Å². The quantitative estimate of drug-likeness (QED) is 0.575. The van der Waals surface area contributed by atoms with Crippen LogP contribution >= 0.6 is 11.8 Å². The van der Waals surface area contributed by atoms with E-state index in [1.165, 1.54) is 24.2 Å². The number of nitrogens with one attached hydrogen (secondary N) is 2. The number of aliphatic imine (C=N–C) groups is 1. The molecular formula is C19H32N4OS. The topological polar surface area (TPSA) is 48.9 Å². The molecule has 1 saturated heterocycles. The van der Waals surface area contributed by atoms with Crippen molar-refractivity contribution < 1.29 is 4.74 Å². The number of nitrogens with zero attached hydrogens (tertiary/aromatic N) is 2. The molecule has 1 fully saturated rings. The van der Waals surface area contributed by atoms with Crippen LogP contribution in [0.5, 0.6) is 5.75 Å². The number of likely N-dealkylation sites (N-methyl/N-ethyl adjacent to an activating group) is 1. The lowest BCUT2D eigenvalue weighted by Gasteiger charge is -2.28. The Kier molecular flexibility index (Phi) is 7.44. The second-order valence-electron chi connectivity index (χ2n) is 6.96. The zero-order valence-electron chi connectivity index (χ0n) is 16.1. The maximum absolute atomic E-state index is 5.25. The van der Waals surface area contributed by atoms with E-state index in [1.807, 2.05) is 19.2 Å². The van der Waals surface area contributed by atoms with Gasteiger partial charge in [0.05, 0.1) is 13.2 Å². The molecule has 25 heavy (non-hydrogen) atoms. The van der Waals surface area contributed by atoms with Gasteiger partial charge in [0.1, 0.15) is 5.75 Å². The molecule has 0 radical (unpaired) electrons. The molecule has 1 aromatic carbocycles. The highest BCUT2D eigenvalue weighted by atomic mass is 32.2. The third-order valence-electron chi connectivity index (χ3n) is 4.74. The van der Waals surface area contributed by atoms with Crippen LogP contribution in [0.25, 0.3) is 0 Å². The number of thioether (sulfide) groups is 1. The van der Waals surface area contributed by atoms with Crippen molar-refractivity contribution in [2.75, 3.05) is 47.1 Å². The molecule has 140 valence electrons. The second-order valence-corrected chi connectivity index (χ2v) is 8.64. The van der Waals surface area contributed by atoms with Crippen molar-refractivity contribution in [3.63, 3.8) is 0 Å². The average molecular weight is 365 g/mol. The zero-order chi connectivity index (χ0) is 18.3. The largest absolute Gasteiger partial charge is 0.497 e. The molecule has 0 aliphatic carbocycles. The predicted molar refractivity (Wildman–Crippen MR) is 109 cm³/mol. The van der Waals surface area contributed by atoms with Crippen LogP contribution in [0.1, 0.15) is 31.4 Å². The van der Waals surface area contributed by atoms with E-state index < -0.39 is 0 Å². The Morgan fingerprint density at radius 1 is 1.32 bits per heavy atom.